The number of aryl methyl sites for hydroxylation is 1. The van der Waals surface area contributed by atoms with Crippen LogP contribution in [-0.2, 0) is 14.6 Å². The molecule has 0 unspecified atom stereocenters. The summed E-state index contributed by atoms with van der Waals surface area (Å²) in [4.78, 5) is 6.34. The van der Waals surface area contributed by atoms with Crippen LogP contribution in [0, 0.1) is 18.3 Å². The number of methoxy groups -OCH3 is 1. The van der Waals surface area contributed by atoms with E-state index in [1.807, 2.05) is 31.0 Å². The van der Waals surface area contributed by atoms with Gasteiger partial charge in [-0.05, 0) is 31.0 Å². The molecule has 0 saturated carbocycles. The quantitative estimate of drug-likeness (QED) is 0.633. The molecule has 0 bridgehead atoms. The van der Waals surface area contributed by atoms with Crippen LogP contribution in [0.1, 0.15) is 18.9 Å². The lowest BCUT2D eigenvalue weighted by Gasteiger charge is -2.19. The zero-order valence-electron chi connectivity index (χ0n) is 15.4. The first-order chi connectivity index (χ1) is 11.8. The van der Waals surface area contributed by atoms with Gasteiger partial charge in [0.1, 0.15) is 11.6 Å². The van der Waals surface area contributed by atoms with Gasteiger partial charge in [0.25, 0.3) is 0 Å². The minimum Gasteiger partial charge on any atom is -0.385 e. The van der Waals surface area contributed by atoms with Crippen LogP contribution in [0.15, 0.2) is 24.1 Å². The van der Waals surface area contributed by atoms with Gasteiger partial charge in [0.15, 0.2) is 9.84 Å². The van der Waals surface area contributed by atoms with Gasteiger partial charge in [-0.1, -0.05) is 6.58 Å². The van der Waals surface area contributed by atoms with Crippen molar-refractivity contribution >= 4 is 21.5 Å². The van der Waals surface area contributed by atoms with Crippen molar-refractivity contribution < 1.29 is 13.2 Å². The Hall–Kier alpha value is -2.11. The van der Waals surface area contributed by atoms with E-state index in [1.54, 1.807) is 13.2 Å². The summed E-state index contributed by atoms with van der Waals surface area (Å²) < 4.78 is 28.0. The van der Waals surface area contributed by atoms with Crippen LogP contribution >= 0.6 is 0 Å². The Morgan fingerprint density at radius 2 is 2.12 bits per heavy atom. The second-order valence-corrected chi connectivity index (χ2v) is 7.41. The highest BCUT2D eigenvalue weighted by molar-refractivity contribution is 7.94. The molecule has 140 valence electrons. The smallest absolute Gasteiger partial charge is 0.172 e. The number of pyridine rings is 1. The van der Waals surface area contributed by atoms with Gasteiger partial charge < -0.3 is 15.0 Å². The van der Waals surface area contributed by atoms with Crippen LogP contribution in [0.2, 0.25) is 0 Å². The van der Waals surface area contributed by atoms with Crippen molar-refractivity contribution in [1.82, 2.24) is 4.98 Å². The van der Waals surface area contributed by atoms with Crippen LogP contribution in [0.25, 0.3) is 0 Å². The van der Waals surface area contributed by atoms with E-state index in [0.29, 0.717) is 13.2 Å². The molecular formula is C17H28N4O3S. The van der Waals surface area contributed by atoms with E-state index >= 15 is 0 Å². The maximum absolute atomic E-state index is 11.5. The molecule has 0 aliphatic heterocycles. The van der Waals surface area contributed by atoms with Crippen molar-refractivity contribution in [2.24, 2.45) is 0 Å². The summed E-state index contributed by atoms with van der Waals surface area (Å²) >= 11 is 0. The third kappa shape index (κ3) is 10.4. The normalized spacial score (nSPS) is 10.2. The molecule has 0 aromatic carbocycles. The van der Waals surface area contributed by atoms with E-state index in [1.165, 1.54) is 6.92 Å². The number of sulfone groups is 1. The largest absolute Gasteiger partial charge is 0.385 e. The van der Waals surface area contributed by atoms with Gasteiger partial charge >= 0.3 is 0 Å². The summed E-state index contributed by atoms with van der Waals surface area (Å²) in [5, 5.41) is 11.6. The Morgan fingerprint density at radius 1 is 1.48 bits per heavy atom. The van der Waals surface area contributed by atoms with Crippen molar-refractivity contribution in [2.45, 2.75) is 20.3 Å². The van der Waals surface area contributed by atoms with E-state index in [2.05, 4.69) is 16.9 Å². The van der Waals surface area contributed by atoms with E-state index in [4.69, 9.17) is 10.00 Å². The average Bonchev–Trinajstić information content (AvgIpc) is 2.57. The summed E-state index contributed by atoms with van der Waals surface area (Å²) in [6.07, 6.45) is 0.898. The molecule has 1 aromatic rings. The molecule has 1 rings (SSSR count). The minimum atomic E-state index is -3.20. The molecule has 1 aromatic heterocycles. The Labute approximate surface area is 151 Å². The zero-order valence-corrected chi connectivity index (χ0v) is 16.3. The maximum Gasteiger partial charge on any atom is 0.172 e. The van der Waals surface area contributed by atoms with Gasteiger partial charge in [-0.25, -0.2) is 13.4 Å². The molecule has 0 saturated heterocycles. The van der Waals surface area contributed by atoms with Crippen molar-refractivity contribution in [3.8, 4) is 6.07 Å². The Bertz CT molecular complexity index is 669. The first-order valence-electron chi connectivity index (χ1n) is 7.88. The average molecular weight is 369 g/mol. The Morgan fingerprint density at radius 3 is 2.68 bits per heavy atom. The molecule has 0 amide bonds. The van der Waals surface area contributed by atoms with Crippen LogP contribution in [-0.4, -0.2) is 53.0 Å². The summed E-state index contributed by atoms with van der Waals surface area (Å²) in [7, 11) is 0.306. The molecule has 0 fully saturated rings. The van der Waals surface area contributed by atoms with Crippen LogP contribution in [0.3, 0.4) is 0 Å². The molecule has 0 aliphatic carbocycles. The summed E-state index contributed by atoms with van der Waals surface area (Å²) in [6.45, 7) is 8.58. The van der Waals surface area contributed by atoms with Crippen molar-refractivity contribution in [1.29, 1.82) is 5.26 Å². The lowest BCUT2D eigenvalue weighted by Crippen LogP contribution is -2.25. The van der Waals surface area contributed by atoms with Crippen LogP contribution in [0.4, 0.5) is 11.6 Å². The predicted octanol–water partition coefficient (Wildman–Crippen LogP) is 2.36. The van der Waals surface area contributed by atoms with Gasteiger partial charge in [-0.2, -0.15) is 5.26 Å². The molecule has 8 heteroatoms. The van der Waals surface area contributed by atoms with Gasteiger partial charge in [0.05, 0.1) is 11.8 Å². The molecule has 0 aliphatic rings. The Kier molecular flexibility index (Phi) is 11.2. The lowest BCUT2D eigenvalue weighted by atomic mass is 10.2. The molecule has 0 radical (unpaired) electrons. The number of anilines is 2. The molecule has 1 N–H and O–H groups in total. The third-order valence-corrected chi connectivity index (χ3v) is 4.40. The molecule has 0 spiro atoms. The van der Waals surface area contributed by atoms with E-state index in [0.717, 1.165) is 35.6 Å². The standard InChI is InChI=1S/C15H25N3O3S.C2H3N/c1-5-22(19,20)10-8-18(3)15-12-13(2)11-14(17-15)16-7-6-9-21-4;1-2-3/h5,11-12H,1,6-10H2,2-4H3,(H,16,17);1H3. The summed E-state index contributed by atoms with van der Waals surface area (Å²) in [6, 6.07) is 5.64. The Balaban J connectivity index is 0.00000178. The fourth-order valence-corrected chi connectivity index (χ4v) is 2.53. The number of hydrogen-bond donors (Lipinski definition) is 1. The number of rotatable bonds is 10. The van der Waals surface area contributed by atoms with Crippen LogP contribution in [0.5, 0.6) is 0 Å². The zero-order chi connectivity index (χ0) is 19.3. The van der Waals surface area contributed by atoms with Gasteiger partial charge in [-0.3, -0.25) is 0 Å². The lowest BCUT2D eigenvalue weighted by molar-refractivity contribution is 0.198. The summed E-state index contributed by atoms with van der Waals surface area (Å²) in [5.74, 6) is 1.55. The highest BCUT2D eigenvalue weighted by atomic mass is 32.2. The van der Waals surface area contributed by atoms with E-state index < -0.39 is 9.84 Å². The SMILES string of the molecule is C=CS(=O)(=O)CCN(C)c1cc(C)cc(NCCCOC)n1.CC#N. The predicted molar refractivity (Wildman–Crippen MR) is 102 cm³/mol. The fraction of sp³-hybridized carbons (Fsp3) is 0.529. The van der Waals surface area contributed by atoms with Crippen LogP contribution < -0.4 is 10.2 Å². The highest BCUT2D eigenvalue weighted by Crippen LogP contribution is 2.16. The number of hydrogen-bond acceptors (Lipinski definition) is 7. The number of nitrogens with zero attached hydrogens (tertiary/aromatic N) is 3. The number of nitrogens with one attached hydrogen (secondary N) is 1. The van der Waals surface area contributed by atoms with Crippen molar-refractivity contribution in [3.63, 3.8) is 0 Å². The second kappa shape index (κ2) is 12.3. The van der Waals surface area contributed by atoms with Gasteiger partial charge in [0, 0.05) is 46.2 Å². The topological polar surface area (TPSA) is 95.3 Å². The van der Waals surface area contributed by atoms with E-state index in [-0.39, 0.29) is 5.75 Å². The molecule has 1 heterocycles. The highest BCUT2D eigenvalue weighted by Gasteiger charge is 2.10. The number of aromatic nitrogens is 1. The first-order valence-corrected chi connectivity index (χ1v) is 9.59. The molecule has 0 atom stereocenters. The molecule has 7 nitrogen and oxygen atoms in total. The van der Waals surface area contributed by atoms with Crippen molar-refractivity contribution in [2.75, 3.05) is 49.8 Å². The summed E-state index contributed by atoms with van der Waals surface area (Å²) in [5.41, 5.74) is 1.07. The van der Waals surface area contributed by atoms with Crippen molar-refractivity contribution in [3.05, 3.63) is 29.7 Å². The monoisotopic (exact) mass is 368 g/mol. The maximum atomic E-state index is 11.5. The van der Waals surface area contributed by atoms with Gasteiger partial charge in [0.2, 0.25) is 0 Å². The molecule has 25 heavy (non-hydrogen) atoms. The second-order valence-electron chi connectivity index (χ2n) is 5.34. The third-order valence-electron chi connectivity index (χ3n) is 3.14. The number of ether oxygens (including phenoxy) is 1. The minimum absolute atomic E-state index is 0.0270. The van der Waals surface area contributed by atoms with E-state index in [9.17, 15) is 8.42 Å². The molecular weight excluding hydrogens is 340 g/mol. The fourth-order valence-electron chi connectivity index (χ4n) is 1.83. The number of nitriles is 1. The first kappa shape index (κ1) is 22.9. The van der Waals surface area contributed by atoms with Gasteiger partial charge in [-0.15, -0.1) is 0 Å².